The highest BCUT2D eigenvalue weighted by atomic mass is 31.2. The van der Waals surface area contributed by atoms with Crippen LogP contribution >= 0.6 is 15.6 Å². The van der Waals surface area contributed by atoms with Gasteiger partial charge in [0.25, 0.3) is 11.5 Å². The van der Waals surface area contributed by atoms with Crippen molar-refractivity contribution in [2.75, 3.05) is 23.8 Å². The van der Waals surface area contributed by atoms with Crippen LogP contribution in [-0.2, 0) is 41.5 Å². The van der Waals surface area contributed by atoms with Crippen molar-refractivity contribution < 1.29 is 61.2 Å². The van der Waals surface area contributed by atoms with Crippen LogP contribution in [0.4, 0.5) is 11.8 Å². The van der Waals surface area contributed by atoms with E-state index < -0.39 is 101 Å². The van der Waals surface area contributed by atoms with E-state index in [9.17, 15) is 38.4 Å². The van der Waals surface area contributed by atoms with Gasteiger partial charge in [0.1, 0.15) is 43.1 Å². The number of aliphatic hydroxyl groups excluding tert-OH is 1. The van der Waals surface area contributed by atoms with Crippen LogP contribution in [0.25, 0.3) is 22.3 Å². The van der Waals surface area contributed by atoms with Gasteiger partial charge in [-0.3, -0.25) is 51.9 Å². The van der Waals surface area contributed by atoms with Gasteiger partial charge in [0, 0.05) is 17.4 Å². The number of aromatic nitrogens is 8. The van der Waals surface area contributed by atoms with Crippen molar-refractivity contribution in [2.45, 2.75) is 63.7 Å². The van der Waals surface area contributed by atoms with Gasteiger partial charge < -0.3 is 29.7 Å². The highest BCUT2D eigenvalue weighted by Gasteiger charge is 2.53. The average Bonchev–Trinajstić information content (AvgIpc) is 3.94. The molecule has 6 N–H and O–H groups in total. The Labute approximate surface area is 326 Å². The number of phosphoric acid groups is 2. The van der Waals surface area contributed by atoms with Gasteiger partial charge >= 0.3 is 15.6 Å². The van der Waals surface area contributed by atoms with Gasteiger partial charge in [-0.1, -0.05) is 39.0 Å². The number of carbonyl (C=O) groups excluding carboxylic acids is 2. The summed E-state index contributed by atoms with van der Waals surface area (Å²) in [6.07, 6.45) is -6.52. The minimum atomic E-state index is -5.09. The van der Waals surface area contributed by atoms with Gasteiger partial charge in [0.05, 0.1) is 25.9 Å². The fraction of sp³-hybridized carbons (Fsp3) is 0.438. The molecule has 26 heteroatoms. The number of rotatable bonds is 6. The van der Waals surface area contributed by atoms with E-state index in [0.29, 0.717) is 5.56 Å². The molecule has 3 aliphatic heterocycles. The molecule has 58 heavy (non-hydrogen) atoms. The molecule has 308 valence electrons. The number of phosphoric ester groups is 2. The normalized spacial score (nSPS) is 31.7. The molecule has 3 aliphatic rings. The number of imidazole rings is 2. The second-order valence-electron chi connectivity index (χ2n) is 13.9. The first-order chi connectivity index (χ1) is 27.6. The lowest BCUT2D eigenvalue weighted by Crippen LogP contribution is -2.37. The Kier molecular flexibility index (Phi) is 10.6. The zero-order valence-electron chi connectivity index (χ0n) is 30.6. The van der Waals surface area contributed by atoms with Crippen LogP contribution in [0.2, 0.25) is 0 Å². The molecule has 7 heterocycles. The summed E-state index contributed by atoms with van der Waals surface area (Å²) in [5.41, 5.74) is -0.293. The Balaban J connectivity index is 1.03. The van der Waals surface area contributed by atoms with Crippen LogP contribution in [0.1, 0.15) is 43.6 Å². The minimum absolute atomic E-state index is 0.101. The van der Waals surface area contributed by atoms with Gasteiger partial charge in [-0.2, -0.15) is 4.98 Å². The topological polar surface area (TPSA) is 316 Å². The molecule has 0 spiro atoms. The molecule has 4 aromatic heterocycles. The number of hydrogen-bond donors (Lipinski definition) is 6. The second-order valence-corrected chi connectivity index (χ2v) is 16.7. The van der Waals surface area contributed by atoms with Crippen LogP contribution in [0.5, 0.6) is 0 Å². The first-order valence-corrected chi connectivity index (χ1v) is 20.7. The zero-order chi connectivity index (χ0) is 41.1. The maximum atomic E-state index is 13.5. The van der Waals surface area contributed by atoms with Gasteiger partial charge in [0.15, 0.2) is 34.4 Å². The number of aliphatic hydroxyl groups is 1. The third kappa shape index (κ3) is 7.72. The van der Waals surface area contributed by atoms with Gasteiger partial charge in [-0.15, -0.1) is 0 Å². The second kappa shape index (κ2) is 15.4. The fourth-order valence-electron chi connectivity index (χ4n) is 6.75. The van der Waals surface area contributed by atoms with Crippen LogP contribution in [0.15, 0.2) is 54.1 Å². The predicted octanol–water partition coefficient (Wildman–Crippen LogP) is 1.62. The summed E-state index contributed by atoms with van der Waals surface area (Å²) in [7, 11) is -10.1. The number of aromatic amines is 1. The van der Waals surface area contributed by atoms with E-state index in [1.54, 1.807) is 51.1 Å². The molecule has 0 bridgehead atoms. The van der Waals surface area contributed by atoms with E-state index in [4.69, 9.17) is 27.6 Å². The molecule has 3 saturated heterocycles. The number of ether oxygens (including phenoxy) is 2. The van der Waals surface area contributed by atoms with E-state index in [0.717, 1.165) is 10.9 Å². The van der Waals surface area contributed by atoms with Crippen molar-refractivity contribution in [3.05, 3.63) is 65.2 Å². The standard InChI is InChI=1S/C32H36N10O14P2/c1-14(2)27(44)39-32-38-26-20(29(46)40-32)36-13-42(26)31-21(43)23-18(54-31)10-52-57(47,48)55-22-15(3)30(53-17(22)9-51-58(49,50)56-23)41-12-35-19-24(33-11-34-25(19)41)37-28(45)16-7-5-4-6-8-16/h4-8,11-15,17-18,21-23,30-31,43H,9-10H2,1-3H3,(H,47,48)(H,49,50)(H,33,34,37,45)(H2,38,39,40,44,46)/t15-,17-,18-,21-,22+,23-,30-,31-/m1/s1. The Hall–Kier alpha value is -4.84. The number of H-pyrrole nitrogens is 1. The zero-order valence-corrected chi connectivity index (χ0v) is 32.4. The first kappa shape index (κ1) is 40.0. The van der Waals surface area contributed by atoms with Gasteiger partial charge in [-0.05, 0) is 12.1 Å². The van der Waals surface area contributed by atoms with Crippen molar-refractivity contribution in [2.24, 2.45) is 11.8 Å². The third-order valence-corrected chi connectivity index (χ3v) is 11.6. The predicted molar refractivity (Wildman–Crippen MR) is 196 cm³/mol. The Morgan fingerprint density at radius 3 is 2.17 bits per heavy atom. The number of nitrogens with one attached hydrogen (secondary N) is 3. The van der Waals surface area contributed by atoms with Gasteiger partial charge in [0.2, 0.25) is 11.9 Å². The lowest BCUT2D eigenvalue weighted by atomic mass is 10.0. The number of anilines is 2. The smallest absolute Gasteiger partial charge is 0.386 e. The summed E-state index contributed by atoms with van der Waals surface area (Å²) in [6, 6.07) is 8.43. The molecule has 0 aliphatic carbocycles. The highest BCUT2D eigenvalue weighted by Crippen LogP contribution is 2.54. The third-order valence-electron chi connectivity index (χ3n) is 9.65. The highest BCUT2D eigenvalue weighted by molar-refractivity contribution is 7.47. The monoisotopic (exact) mass is 846 g/mol. The molecule has 2 amide bonds. The Morgan fingerprint density at radius 2 is 1.48 bits per heavy atom. The van der Waals surface area contributed by atoms with E-state index >= 15 is 0 Å². The lowest BCUT2D eigenvalue weighted by Gasteiger charge is -2.28. The summed E-state index contributed by atoms with van der Waals surface area (Å²) in [4.78, 5) is 83.3. The largest absolute Gasteiger partial charge is 0.472 e. The van der Waals surface area contributed by atoms with E-state index in [2.05, 4.69) is 40.5 Å². The number of hydrogen-bond acceptors (Lipinski definition) is 17. The molecule has 24 nitrogen and oxygen atoms in total. The van der Waals surface area contributed by atoms with Crippen LogP contribution < -0.4 is 16.2 Å². The van der Waals surface area contributed by atoms with E-state index in [1.807, 2.05) is 0 Å². The van der Waals surface area contributed by atoms with Crippen molar-refractivity contribution in [3.8, 4) is 0 Å². The number of fused-ring (bicyclic) bond motifs is 4. The minimum Gasteiger partial charge on any atom is -0.386 e. The maximum Gasteiger partial charge on any atom is 0.472 e. The average molecular weight is 847 g/mol. The van der Waals surface area contributed by atoms with Crippen molar-refractivity contribution in [3.63, 3.8) is 0 Å². The molecule has 10 atom stereocenters. The molecule has 8 rings (SSSR count). The SMILES string of the molecule is CC(C)C(=O)Nc1nc2c(ncn2[C@@H]2O[C@@H]3COP(=O)(O)O[C@H]4[C@@H](C)[C@H](n5cnc6c(NC(=O)c7ccccc7)ncnc65)O[C@@H]4COP(=O)(O)O[C@H]3[C@H]2O)c(=O)[nH]1. The molecule has 0 radical (unpaired) electrons. The quantitative estimate of drug-likeness (QED) is 0.132. The molecule has 3 fully saturated rings. The molecule has 0 saturated carbocycles. The number of amides is 2. The lowest BCUT2D eigenvalue weighted by molar-refractivity contribution is -0.118. The van der Waals surface area contributed by atoms with Crippen LogP contribution in [0.3, 0.4) is 0 Å². The summed E-state index contributed by atoms with van der Waals surface area (Å²) in [5, 5.41) is 16.6. The maximum absolute atomic E-state index is 13.5. The molecular formula is C32H36N10O14P2. The Bertz CT molecular complexity index is 2530. The molecule has 2 unspecified atom stereocenters. The number of nitrogens with zero attached hydrogens (tertiary/aromatic N) is 7. The van der Waals surface area contributed by atoms with Crippen molar-refractivity contribution in [1.82, 2.24) is 39.0 Å². The molecule has 1 aromatic carbocycles. The summed E-state index contributed by atoms with van der Waals surface area (Å²) < 4.78 is 63.3. The van der Waals surface area contributed by atoms with Crippen molar-refractivity contribution >= 4 is 61.6 Å². The van der Waals surface area contributed by atoms with E-state index in [-0.39, 0.29) is 34.1 Å². The van der Waals surface area contributed by atoms with Crippen LogP contribution in [0, 0.1) is 11.8 Å². The summed E-state index contributed by atoms with van der Waals surface area (Å²) >= 11 is 0. The first-order valence-electron chi connectivity index (χ1n) is 17.7. The summed E-state index contributed by atoms with van der Waals surface area (Å²) in [6.45, 7) is 3.33. The fourth-order valence-corrected chi connectivity index (χ4v) is 8.74. The van der Waals surface area contributed by atoms with Crippen molar-refractivity contribution in [1.29, 1.82) is 0 Å². The molecule has 5 aromatic rings. The number of carbonyl (C=O) groups is 2. The molecular weight excluding hydrogens is 810 g/mol. The Morgan fingerprint density at radius 1 is 0.862 bits per heavy atom. The number of benzene rings is 1. The summed E-state index contributed by atoms with van der Waals surface area (Å²) in [5.74, 6) is -2.27. The van der Waals surface area contributed by atoms with Gasteiger partial charge in [-0.25, -0.2) is 29.1 Å². The van der Waals surface area contributed by atoms with E-state index in [1.165, 1.54) is 17.2 Å². The van der Waals surface area contributed by atoms with Crippen LogP contribution in [-0.4, -0.2) is 109 Å².